The van der Waals surface area contributed by atoms with Crippen molar-refractivity contribution in [2.75, 3.05) is 33.3 Å². The Labute approximate surface area is 192 Å². The summed E-state index contributed by atoms with van der Waals surface area (Å²) in [5.41, 5.74) is 1.46. The van der Waals surface area contributed by atoms with Crippen molar-refractivity contribution in [3.05, 3.63) is 64.7 Å². The van der Waals surface area contributed by atoms with Crippen LogP contribution in [0.3, 0.4) is 0 Å². The third-order valence-electron chi connectivity index (χ3n) is 6.09. The molecule has 4 amide bonds. The largest absolute Gasteiger partial charge is 0.496 e. The third kappa shape index (κ3) is 4.08. The van der Waals surface area contributed by atoms with Crippen LogP contribution in [0.5, 0.6) is 5.75 Å². The predicted octanol–water partition coefficient (Wildman–Crippen LogP) is 2.69. The molecule has 0 aliphatic carbocycles. The number of benzene rings is 2. The molecular formula is C25H27N3O5. The zero-order valence-corrected chi connectivity index (χ0v) is 19.0. The van der Waals surface area contributed by atoms with E-state index in [2.05, 4.69) is 0 Å². The number of nitrogens with zero attached hydrogens (tertiary/aromatic N) is 3. The number of rotatable bonds is 4. The Kier molecular flexibility index (Phi) is 6.18. The Balaban J connectivity index is 1.48. The molecule has 0 N–H and O–H groups in total. The summed E-state index contributed by atoms with van der Waals surface area (Å²) < 4.78 is 5.31. The fourth-order valence-electron chi connectivity index (χ4n) is 4.36. The molecule has 172 valence electrons. The van der Waals surface area contributed by atoms with Crippen LogP contribution in [0.25, 0.3) is 0 Å². The van der Waals surface area contributed by atoms with Crippen LogP contribution >= 0.6 is 0 Å². The first-order valence-corrected chi connectivity index (χ1v) is 11.1. The highest BCUT2D eigenvalue weighted by Gasteiger charge is 2.37. The smallest absolute Gasteiger partial charge is 0.261 e. The Morgan fingerprint density at radius 2 is 1.48 bits per heavy atom. The number of ether oxygens (including phenoxy) is 1. The Morgan fingerprint density at radius 1 is 0.848 bits per heavy atom. The van der Waals surface area contributed by atoms with Crippen LogP contribution in [0.1, 0.15) is 61.7 Å². The molecule has 2 aromatic carbocycles. The van der Waals surface area contributed by atoms with Crippen LogP contribution in [0.15, 0.2) is 42.5 Å². The van der Waals surface area contributed by atoms with Gasteiger partial charge in [-0.1, -0.05) is 12.1 Å². The highest BCUT2D eigenvalue weighted by molar-refractivity contribution is 6.22. The van der Waals surface area contributed by atoms with Gasteiger partial charge in [-0.05, 0) is 50.6 Å². The Bertz CT molecular complexity index is 1130. The molecule has 2 aliphatic heterocycles. The monoisotopic (exact) mass is 449 g/mol. The maximum atomic E-state index is 13.2. The molecular weight excluding hydrogens is 422 g/mol. The zero-order valence-electron chi connectivity index (χ0n) is 19.0. The molecule has 4 rings (SSSR count). The van der Waals surface area contributed by atoms with Crippen molar-refractivity contribution in [2.24, 2.45) is 0 Å². The first-order chi connectivity index (χ1) is 15.8. The summed E-state index contributed by atoms with van der Waals surface area (Å²) in [4.78, 5) is 56.1. The van der Waals surface area contributed by atoms with E-state index in [9.17, 15) is 19.2 Å². The van der Waals surface area contributed by atoms with Crippen molar-refractivity contribution in [3.63, 3.8) is 0 Å². The number of hydrogen-bond acceptors (Lipinski definition) is 5. The number of hydrogen-bond donors (Lipinski definition) is 0. The minimum atomic E-state index is -0.371. The lowest BCUT2D eigenvalue weighted by Crippen LogP contribution is -2.37. The average molecular weight is 450 g/mol. The van der Waals surface area contributed by atoms with Gasteiger partial charge in [0.2, 0.25) is 0 Å². The maximum absolute atomic E-state index is 13.2. The molecule has 8 heteroatoms. The molecule has 0 aromatic heterocycles. The molecule has 8 nitrogen and oxygen atoms in total. The van der Waals surface area contributed by atoms with E-state index >= 15 is 0 Å². The lowest BCUT2D eigenvalue weighted by atomic mass is 10.0. The summed E-state index contributed by atoms with van der Waals surface area (Å²) in [5.74, 6) is -0.523. The van der Waals surface area contributed by atoms with Crippen molar-refractivity contribution < 1.29 is 23.9 Å². The molecule has 0 spiro atoms. The van der Waals surface area contributed by atoms with Crippen molar-refractivity contribution >= 4 is 23.6 Å². The number of imide groups is 1. The van der Waals surface area contributed by atoms with Crippen LogP contribution in [-0.4, -0.2) is 77.7 Å². The topological polar surface area (TPSA) is 87.2 Å². The molecule has 0 saturated carbocycles. The Hall–Kier alpha value is -3.68. The minimum Gasteiger partial charge on any atom is -0.496 e. The van der Waals surface area contributed by atoms with Crippen molar-refractivity contribution in [1.29, 1.82) is 0 Å². The molecule has 0 atom stereocenters. The van der Waals surface area contributed by atoms with Gasteiger partial charge in [-0.25, -0.2) is 0 Å². The van der Waals surface area contributed by atoms with Gasteiger partial charge in [0.1, 0.15) is 5.75 Å². The number of fused-ring (bicyclic) bond motifs is 1. The van der Waals surface area contributed by atoms with Gasteiger partial charge in [0.15, 0.2) is 0 Å². The number of carbonyl (C=O) groups excluding carboxylic acids is 4. The van der Waals surface area contributed by atoms with Gasteiger partial charge < -0.3 is 14.5 Å². The number of carbonyl (C=O) groups is 4. The van der Waals surface area contributed by atoms with Gasteiger partial charge >= 0.3 is 0 Å². The van der Waals surface area contributed by atoms with E-state index < -0.39 is 0 Å². The quantitative estimate of drug-likeness (QED) is 0.670. The predicted molar refractivity (Wildman–Crippen MR) is 121 cm³/mol. The summed E-state index contributed by atoms with van der Waals surface area (Å²) >= 11 is 0. The molecule has 2 heterocycles. The normalized spacial score (nSPS) is 16.2. The van der Waals surface area contributed by atoms with Crippen LogP contribution in [0.2, 0.25) is 0 Å². The molecule has 0 radical (unpaired) electrons. The minimum absolute atomic E-state index is 0.128. The highest BCUT2D eigenvalue weighted by atomic mass is 16.5. The summed E-state index contributed by atoms with van der Waals surface area (Å²) in [6.45, 7) is 5.36. The third-order valence-corrected chi connectivity index (χ3v) is 6.09. The summed E-state index contributed by atoms with van der Waals surface area (Å²) in [7, 11) is 1.53. The molecule has 1 saturated heterocycles. The van der Waals surface area contributed by atoms with E-state index in [1.807, 2.05) is 6.07 Å². The lowest BCUT2D eigenvalue weighted by Gasteiger charge is -2.23. The van der Waals surface area contributed by atoms with E-state index in [4.69, 9.17) is 4.74 Å². The SMILES string of the molecule is COc1ccccc1C(=O)N1CCCN(C(=O)c2ccc3c(c2)C(=O)N(C(C)C)C3=O)CC1. The van der Waals surface area contributed by atoms with E-state index in [0.717, 1.165) is 0 Å². The van der Waals surface area contributed by atoms with Crippen molar-refractivity contribution in [1.82, 2.24) is 14.7 Å². The summed E-state index contributed by atoms with van der Waals surface area (Å²) in [6.07, 6.45) is 0.635. The van der Waals surface area contributed by atoms with E-state index in [-0.39, 0.29) is 35.2 Å². The van der Waals surface area contributed by atoms with Crippen LogP contribution in [-0.2, 0) is 0 Å². The van der Waals surface area contributed by atoms with Gasteiger partial charge in [-0.15, -0.1) is 0 Å². The van der Waals surface area contributed by atoms with Gasteiger partial charge in [0, 0.05) is 37.8 Å². The van der Waals surface area contributed by atoms with Gasteiger partial charge in [-0.3, -0.25) is 24.1 Å². The van der Waals surface area contributed by atoms with Crippen LogP contribution in [0.4, 0.5) is 0 Å². The maximum Gasteiger partial charge on any atom is 0.261 e. The standard InChI is InChI=1S/C25H27N3O5/c1-16(2)28-24(31)18-10-9-17(15-20(18)25(28)32)22(29)26-11-6-12-27(14-13-26)23(30)19-7-4-5-8-21(19)33-3/h4-5,7-10,15-16H,6,11-14H2,1-3H3. The van der Waals surface area contributed by atoms with Gasteiger partial charge in [0.05, 0.1) is 23.8 Å². The molecule has 2 aromatic rings. The van der Waals surface area contributed by atoms with Gasteiger partial charge in [-0.2, -0.15) is 0 Å². The van der Waals surface area contributed by atoms with Crippen molar-refractivity contribution in [2.45, 2.75) is 26.3 Å². The molecule has 2 aliphatic rings. The zero-order chi connectivity index (χ0) is 23.7. The van der Waals surface area contributed by atoms with E-state index in [1.165, 1.54) is 18.1 Å². The lowest BCUT2D eigenvalue weighted by molar-refractivity contribution is 0.0608. The number of para-hydroxylation sites is 1. The fourth-order valence-corrected chi connectivity index (χ4v) is 4.36. The number of amides is 4. The first kappa shape index (κ1) is 22.5. The summed E-state index contributed by atoms with van der Waals surface area (Å²) in [6, 6.07) is 11.5. The second kappa shape index (κ2) is 9.05. The molecule has 33 heavy (non-hydrogen) atoms. The van der Waals surface area contributed by atoms with E-state index in [1.54, 1.807) is 54.0 Å². The number of methoxy groups -OCH3 is 1. The van der Waals surface area contributed by atoms with Gasteiger partial charge in [0.25, 0.3) is 23.6 Å². The Morgan fingerprint density at radius 3 is 2.15 bits per heavy atom. The second-order valence-corrected chi connectivity index (χ2v) is 8.47. The molecule has 0 bridgehead atoms. The summed E-state index contributed by atoms with van der Waals surface area (Å²) in [5, 5.41) is 0. The highest BCUT2D eigenvalue weighted by Crippen LogP contribution is 2.26. The first-order valence-electron chi connectivity index (χ1n) is 11.1. The van der Waals surface area contributed by atoms with E-state index in [0.29, 0.717) is 55.0 Å². The fraction of sp³-hybridized carbons (Fsp3) is 0.360. The molecule has 0 unspecified atom stereocenters. The van der Waals surface area contributed by atoms with Crippen LogP contribution < -0.4 is 4.74 Å². The van der Waals surface area contributed by atoms with Crippen LogP contribution in [0, 0.1) is 0 Å². The molecule has 1 fully saturated rings. The second-order valence-electron chi connectivity index (χ2n) is 8.47. The van der Waals surface area contributed by atoms with Crippen molar-refractivity contribution in [3.8, 4) is 5.75 Å². The average Bonchev–Trinajstić information content (AvgIpc) is 2.97.